The molecule has 6 nitrogen and oxygen atoms in total. The zero-order valence-electron chi connectivity index (χ0n) is 9.76. The van der Waals surface area contributed by atoms with Gasteiger partial charge in [-0.2, -0.15) is 0 Å². The molecule has 0 aromatic carbocycles. The lowest BCUT2D eigenvalue weighted by atomic mass is 10.2. The molecule has 8 heteroatoms. The average molecular weight is 290 g/mol. The normalized spacial score (nSPS) is 19.0. The average Bonchev–Trinajstić information content (AvgIpc) is 2.96. The van der Waals surface area contributed by atoms with Gasteiger partial charge in [-0.15, -0.1) is 10.2 Å². The van der Waals surface area contributed by atoms with Gasteiger partial charge in [0.2, 0.25) is 9.47 Å². The van der Waals surface area contributed by atoms with E-state index in [1.807, 2.05) is 0 Å². The van der Waals surface area contributed by atoms with E-state index >= 15 is 0 Å². The van der Waals surface area contributed by atoms with Crippen molar-refractivity contribution in [3.8, 4) is 0 Å². The minimum absolute atomic E-state index is 0.205. The number of ether oxygens (including phenoxy) is 1. The van der Waals surface area contributed by atoms with E-state index in [1.54, 1.807) is 6.92 Å². The molecular weight excluding hydrogens is 278 g/mol. The molecule has 1 fully saturated rings. The lowest BCUT2D eigenvalue weighted by molar-refractivity contribution is -0.147. The highest BCUT2D eigenvalue weighted by Gasteiger charge is 2.36. The van der Waals surface area contributed by atoms with E-state index in [0.29, 0.717) is 19.6 Å². The number of nitrogens with zero attached hydrogens (tertiary/aromatic N) is 3. The molecule has 1 amide bonds. The number of aromatic nitrogens is 2. The first kappa shape index (κ1) is 13.2. The van der Waals surface area contributed by atoms with Gasteiger partial charge in [-0.05, 0) is 31.4 Å². The van der Waals surface area contributed by atoms with Crippen LogP contribution < -0.4 is 0 Å². The van der Waals surface area contributed by atoms with Crippen molar-refractivity contribution in [3.05, 3.63) is 9.47 Å². The Labute approximate surface area is 113 Å². The van der Waals surface area contributed by atoms with Crippen molar-refractivity contribution < 1.29 is 14.3 Å². The number of likely N-dealkylation sites (tertiary alicyclic amines) is 1. The van der Waals surface area contributed by atoms with Gasteiger partial charge >= 0.3 is 5.97 Å². The third-order valence-corrected chi connectivity index (χ3v) is 3.66. The zero-order chi connectivity index (χ0) is 13.1. The van der Waals surface area contributed by atoms with Gasteiger partial charge in [0.05, 0.1) is 6.61 Å². The van der Waals surface area contributed by atoms with Gasteiger partial charge < -0.3 is 9.64 Å². The van der Waals surface area contributed by atoms with Crippen LogP contribution in [0.4, 0.5) is 0 Å². The van der Waals surface area contributed by atoms with E-state index in [4.69, 9.17) is 16.3 Å². The summed E-state index contributed by atoms with van der Waals surface area (Å²) >= 11 is 6.65. The minimum Gasteiger partial charge on any atom is -0.464 e. The summed E-state index contributed by atoms with van der Waals surface area (Å²) in [7, 11) is 0. The topological polar surface area (TPSA) is 72.4 Å². The molecule has 1 aliphatic heterocycles. The molecule has 1 atom stereocenters. The fourth-order valence-corrected chi connectivity index (χ4v) is 2.69. The summed E-state index contributed by atoms with van der Waals surface area (Å²) < 4.78 is 5.17. The molecule has 2 rings (SSSR count). The second-order valence-corrected chi connectivity index (χ2v) is 5.33. The lowest BCUT2D eigenvalue weighted by Crippen LogP contribution is -2.41. The van der Waals surface area contributed by atoms with Crippen LogP contribution in [-0.2, 0) is 9.53 Å². The van der Waals surface area contributed by atoms with Crippen molar-refractivity contribution in [2.75, 3.05) is 13.2 Å². The van der Waals surface area contributed by atoms with E-state index in [0.717, 1.165) is 17.8 Å². The highest BCUT2D eigenvalue weighted by Crippen LogP contribution is 2.23. The number of hydrogen-bond donors (Lipinski definition) is 0. The van der Waals surface area contributed by atoms with E-state index in [9.17, 15) is 9.59 Å². The Morgan fingerprint density at radius 2 is 2.33 bits per heavy atom. The molecule has 0 saturated carbocycles. The summed E-state index contributed by atoms with van der Waals surface area (Å²) in [5, 5.41) is 7.48. The first-order valence-electron chi connectivity index (χ1n) is 5.60. The standard InChI is InChI=1S/C10H12ClN3O3S/c1-2-17-9(16)6-4-3-5-14(6)8(15)7-12-13-10(11)18-7/h6H,2-5H2,1H3. The summed E-state index contributed by atoms with van der Waals surface area (Å²) in [5.41, 5.74) is 0. The van der Waals surface area contributed by atoms with Crippen LogP contribution in [-0.4, -0.2) is 46.2 Å². The van der Waals surface area contributed by atoms with Gasteiger partial charge in [0, 0.05) is 6.54 Å². The number of amides is 1. The molecule has 98 valence electrons. The number of rotatable bonds is 3. The molecule has 0 bridgehead atoms. The number of halogens is 1. The fraction of sp³-hybridized carbons (Fsp3) is 0.600. The molecule has 1 unspecified atom stereocenters. The molecule has 1 aromatic rings. The van der Waals surface area contributed by atoms with Gasteiger partial charge in [0.25, 0.3) is 5.91 Å². The van der Waals surface area contributed by atoms with E-state index in [-0.39, 0.29) is 21.4 Å². The first-order valence-corrected chi connectivity index (χ1v) is 6.79. The zero-order valence-corrected chi connectivity index (χ0v) is 11.3. The maximum absolute atomic E-state index is 12.1. The van der Waals surface area contributed by atoms with Gasteiger partial charge in [0.1, 0.15) is 6.04 Å². The van der Waals surface area contributed by atoms with E-state index < -0.39 is 6.04 Å². The first-order chi connectivity index (χ1) is 8.63. The molecule has 0 N–H and O–H groups in total. The van der Waals surface area contributed by atoms with Crippen LogP contribution in [0.25, 0.3) is 0 Å². The van der Waals surface area contributed by atoms with Gasteiger partial charge in [-0.1, -0.05) is 11.3 Å². The molecule has 2 heterocycles. The molecule has 1 aromatic heterocycles. The van der Waals surface area contributed by atoms with Crippen molar-refractivity contribution in [2.45, 2.75) is 25.8 Å². The SMILES string of the molecule is CCOC(=O)C1CCCN1C(=O)c1nnc(Cl)s1. The summed E-state index contributed by atoms with van der Waals surface area (Å²) in [5.74, 6) is -0.672. The Morgan fingerprint density at radius 1 is 1.56 bits per heavy atom. The Bertz CT molecular complexity index is 465. The van der Waals surface area contributed by atoms with E-state index in [2.05, 4.69) is 10.2 Å². The maximum atomic E-state index is 12.1. The minimum atomic E-state index is -0.514. The third kappa shape index (κ3) is 2.62. The molecule has 0 radical (unpaired) electrons. The maximum Gasteiger partial charge on any atom is 0.328 e. The van der Waals surface area contributed by atoms with Crippen LogP contribution in [0.15, 0.2) is 0 Å². The van der Waals surface area contributed by atoms with E-state index in [1.165, 1.54) is 4.90 Å². The molecule has 1 saturated heterocycles. The molecule has 1 aliphatic rings. The van der Waals surface area contributed by atoms with Crippen LogP contribution in [0.5, 0.6) is 0 Å². The summed E-state index contributed by atoms with van der Waals surface area (Å²) in [6.07, 6.45) is 1.40. The number of hydrogen-bond acceptors (Lipinski definition) is 6. The molecule has 18 heavy (non-hydrogen) atoms. The van der Waals surface area contributed by atoms with Crippen LogP contribution in [0, 0.1) is 0 Å². The lowest BCUT2D eigenvalue weighted by Gasteiger charge is -2.21. The van der Waals surface area contributed by atoms with Crippen LogP contribution in [0.3, 0.4) is 0 Å². The molecular formula is C10H12ClN3O3S. The Balaban J connectivity index is 2.11. The van der Waals surface area contributed by atoms with Crippen molar-refractivity contribution >= 4 is 34.8 Å². The van der Waals surface area contributed by atoms with Crippen LogP contribution in [0.2, 0.25) is 4.47 Å². The second-order valence-electron chi connectivity index (χ2n) is 3.77. The van der Waals surface area contributed by atoms with Crippen LogP contribution >= 0.6 is 22.9 Å². The Hall–Kier alpha value is -1.21. The largest absolute Gasteiger partial charge is 0.464 e. The van der Waals surface area contributed by atoms with Crippen molar-refractivity contribution in [1.29, 1.82) is 0 Å². The smallest absolute Gasteiger partial charge is 0.328 e. The second kappa shape index (κ2) is 5.62. The number of carbonyl (C=O) groups excluding carboxylic acids is 2. The van der Waals surface area contributed by atoms with Crippen molar-refractivity contribution in [1.82, 2.24) is 15.1 Å². The van der Waals surface area contributed by atoms with Crippen molar-refractivity contribution in [3.63, 3.8) is 0 Å². The molecule has 0 spiro atoms. The molecule has 0 aliphatic carbocycles. The number of esters is 1. The fourth-order valence-electron chi connectivity index (χ4n) is 1.91. The predicted octanol–water partition coefficient (Wildman–Crippen LogP) is 1.36. The van der Waals surface area contributed by atoms with Crippen LogP contribution in [0.1, 0.15) is 29.6 Å². The van der Waals surface area contributed by atoms with Gasteiger partial charge in [-0.3, -0.25) is 4.79 Å². The summed E-state index contributed by atoms with van der Waals surface area (Å²) in [4.78, 5) is 25.3. The highest BCUT2D eigenvalue weighted by molar-refractivity contribution is 7.17. The third-order valence-electron chi connectivity index (χ3n) is 2.66. The quantitative estimate of drug-likeness (QED) is 0.786. The monoisotopic (exact) mass is 289 g/mol. The van der Waals surface area contributed by atoms with Gasteiger partial charge in [-0.25, -0.2) is 4.79 Å². The van der Waals surface area contributed by atoms with Crippen molar-refractivity contribution in [2.24, 2.45) is 0 Å². The van der Waals surface area contributed by atoms with Gasteiger partial charge in [0.15, 0.2) is 0 Å². The number of carbonyl (C=O) groups is 2. The predicted molar refractivity (Wildman–Crippen MR) is 65.6 cm³/mol. The summed E-state index contributed by atoms with van der Waals surface area (Å²) in [6.45, 7) is 2.57. The Morgan fingerprint density at radius 3 is 2.94 bits per heavy atom. The highest BCUT2D eigenvalue weighted by atomic mass is 35.5. The summed E-state index contributed by atoms with van der Waals surface area (Å²) in [6, 6.07) is -0.514. The Kier molecular flexibility index (Phi) is 4.13.